The average Bonchev–Trinajstić information content (AvgIpc) is 2.71. The minimum absolute atomic E-state index is 0.0458. The first-order valence-electron chi connectivity index (χ1n) is 9.83. The Hall–Kier alpha value is -1.55. The molecule has 2 fully saturated rings. The fourth-order valence-electron chi connectivity index (χ4n) is 3.88. The van der Waals surface area contributed by atoms with Crippen LogP contribution in [0, 0.1) is 0 Å². The number of methoxy groups -OCH3 is 1. The number of carbonyl (C=O) groups is 1. The summed E-state index contributed by atoms with van der Waals surface area (Å²) in [6.45, 7) is 4.29. The summed E-state index contributed by atoms with van der Waals surface area (Å²) in [7, 11) is -0.270. The number of hydrogen-bond donors (Lipinski definition) is 1. The van der Waals surface area contributed by atoms with Crippen molar-refractivity contribution in [1.29, 1.82) is 0 Å². The van der Waals surface area contributed by atoms with E-state index in [1.165, 1.54) is 17.5 Å². The standard InChI is InChI=1S/C19H29ClN4O4S/c1-14-16(5-4-8-22(14)2)21-19(25)23-9-11-24(12-10-23)29(26,27)18-13-15(20)6-7-17(18)28-3/h6-7,13-14,16H,4-5,8-12H2,1-3H3,(H,21,25). The molecule has 1 aromatic carbocycles. The van der Waals surface area contributed by atoms with Gasteiger partial charge in [-0.05, 0) is 51.6 Å². The predicted octanol–water partition coefficient (Wildman–Crippen LogP) is 1.85. The quantitative estimate of drug-likeness (QED) is 0.766. The molecule has 2 saturated heterocycles. The lowest BCUT2D eigenvalue weighted by Crippen LogP contribution is -2.58. The van der Waals surface area contributed by atoms with Crippen LogP contribution in [0.5, 0.6) is 5.75 Å². The van der Waals surface area contributed by atoms with E-state index >= 15 is 0 Å². The molecule has 0 aliphatic carbocycles. The highest BCUT2D eigenvalue weighted by molar-refractivity contribution is 7.89. The van der Waals surface area contributed by atoms with Gasteiger partial charge in [-0.25, -0.2) is 13.2 Å². The molecule has 2 aliphatic rings. The van der Waals surface area contributed by atoms with Crippen LogP contribution in [-0.4, -0.2) is 87.5 Å². The number of likely N-dealkylation sites (N-methyl/N-ethyl adjacent to an activating group) is 1. The van der Waals surface area contributed by atoms with E-state index in [1.807, 2.05) is 0 Å². The SMILES string of the molecule is COc1ccc(Cl)cc1S(=O)(=O)N1CCN(C(=O)NC2CCCN(C)C2C)CC1. The van der Waals surface area contributed by atoms with Crippen LogP contribution in [0.1, 0.15) is 19.8 Å². The third-order valence-corrected chi connectivity index (χ3v) is 8.04. The minimum atomic E-state index is -3.76. The van der Waals surface area contributed by atoms with Crippen molar-refractivity contribution in [2.24, 2.45) is 0 Å². The van der Waals surface area contributed by atoms with Crippen molar-refractivity contribution in [3.8, 4) is 5.75 Å². The van der Waals surface area contributed by atoms with Crippen LogP contribution in [0.4, 0.5) is 4.79 Å². The summed E-state index contributed by atoms with van der Waals surface area (Å²) in [5.41, 5.74) is 0. The molecule has 0 spiro atoms. The van der Waals surface area contributed by atoms with Crippen molar-refractivity contribution in [3.63, 3.8) is 0 Å². The summed E-state index contributed by atoms with van der Waals surface area (Å²) < 4.78 is 32.7. The third kappa shape index (κ3) is 4.79. The molecule has 29 heavy (non-hydrogen) atoms. The summed E-state index contributed by atoms with van der Waals surface area (Å²) in [5.74, 6) is 0.255. The number of amides is 2. The van der Waals surface area contributed by atoms with Gasteiger partial charge in [0.05, 0.1) is 7.11 Å². The van der Waals surface area contributed by atoms with E-state index in [0.29, 0.717) is 18.1 Å². The molecule has 0 aromatic heterocycles. The molecule has 2 unspecified atom stereocenters. The van der Waals surface area contributed by atoms with E-state index in [4.69, 9.17) is 16.3 Å². The number of benzene rings is 1. The van der Waals surface area contributed by atoms with Gasteiger partial charge in [-0.15, -0.1) is 0 Å². The Bertz CT molecular complexity index is 843. The maximum Gasteiger partial charge on any atom is 0.317 e. The molecule has 162 valence electrons. The Balaban J connectivity index is 1.63. The fraction of sp³-hybridized carbons (Fsp3) is 0.632. The maximum atomic E-state index is 13.1. The van der Waals surface area contributed by atoms with Gasteiger partial charge in [-0.2, -0.15) is 4.31 Å². The zero-order valence-corrected chi connectivity index (χ0v) is 18.7. The van der Waals surface area contributed by atoms with Gasteiger partial charge in [0.15, 0.2) is 0 Å². The van der Waals surface area contributed by atoms with Crippen LogP contribution in [0.25, 0.3) is 0 Å². The summed E-state index contributed by atoms with van der Waals surface area (Å²) in [6.07, 6.45) is 2.01. The van der Waals surface area contributed by atoms with Gasteiger partial charge in [0.25, 0.3) is 0 Å². The Morgan fingerprint density at radius 3 is 2.55 bits per heavy atom. The molecule has 3 rings (SSSR count). The van der Waals surface area contributed by atoms with Gasteiger partial charge in [-0.3, -0.25) is 0 Å². The monoisotopic (exact) mass is 444 g/mol. The molecule has 8 nitrogen and oxygen atoms in total. The molecule has 2 aliphatic heterocycles. The van der Waals surface area contributed by atoms with Crippen LogP contribution in [0.3, 0.4) is 0 Å². The molecule has 1 aromatic rings. The number of piperazine rings is 1. The Labute approximate surface area is 177 Å². The first kappa shape index (κ1) is 22.1. The van der Waals surface area contributed by atoms with Gasteiger partial charge in [0.2, 0.25) is 10.0 Å². The van der Waals surface area contributed by atoms with Crippen LogP contribution in [0.15, 0.2) is 23.1 Å². The third-order valence-electron chi connectivity index (χ3n) is 5.88. The zero-order chi connectivity index (χ0) is 21.2. The second kappa shape index (κ2) is 9.07. The normalized spacial score (nSPS) is 24.3. The Kier molecular flexibility index (Phi) is 6.93. The van der Waals surface area contributed by atoms with E-state index in [1.54, 1.807) is 17.0 Å². The predicted molar refractivity (Wildman–Crippen MR) is 112 cm³/mol. The van der Waals surface area contributed by atoms with Gasteiger partial charge >= 0.3 is 6.03 Å². The summed E-state index contributed by atoms with van der Waals surface area (Å²) in [4.78, 5) is 16.7. The topological polar surface area (TPSA) is 82.2 Å². The summed E-state index contributed by atoms with van der Waals surface area (Å²) >= 11 is 5.99. The number of rotatable bonds is 4. The van der Waals surface area contributed by atoms with Crippen molar-refractivity contribution in [2.45, 2.75) is 36.7 Å². The number of sulfonamides is 1. The number of nitrogens with zero attached hydrogens (tertiary/aromatic N) is 3. The first-order valence-corrected chi connectivity index (χ1v) is 11.6. The fourth-order valence-corrected chi connectivity index (χ4v) is 5.72. The van der Waals surface area contributed by atoms with Crippen LogP contribution in [-0.2, 0) is 10.0 Å². The molecule has 0 saturated carbocycles. The number of likely N-dealkylation sites (tertiary alicyclic amines) is 1. The molecule has 0 bridgehead atoms. The highest BCUT2D eigenvalue weighted by Gasteiger charge is 2.34. The lowest BCUT2D eigenvalue weighted by Gasteiger charge is -2.39. The van der Waals surface area contributed by atoms with Gasteiger partial charge in [0, 0.05) is 43.3 Å². The smallest absolute Gasteiger partial charge is 0.317 e. The van der Waals surface area contributed by atoms with Gasteiger partial charge in [0.1, 0.15) is 10.6 Å². The second-order valence-electron chi connectivity index (χ2n) is 7.61. The Morgan fingerprint density at radius 1 is 1.21 bits per heavy atom. The van der Waals surface area contributed by atoms with E-state index < -0.39 is 10.0 Å². The number of halogens is 1. The maximum absolute atomic E-state index is 13.1. The second-order valence-corrected chi connectivity index (χ2v) is 9.95. The minimum Gasteiger partial charge on any atom is -0.495 e. The molecule has 0 radical (unpaired) electrons. The lowest BCUT2D eigenvalue weighted by molar-refractivity contribution is 0.135. The Morgan fingerprint density at radius 2 is 1.90 bits per heavy atom. The number of nitrogens with one attached hydrogen (secondary N) is 1. The van der Waals surface area contributed by atoms with E-state index in [0.717, 1.165) is 19.4 Å². The average molecular weight is 445 g/mol. The van der Waals surface area contributed by atoms with E-state index in [2.05, 4.69) is 24.2 Å². The number of hydrogen-bond acceptors (Lipinski definition) is 5. The molecule has 10 heteroatoms. The molecule has 1 N–H and O–H groups in total. The summed E-state index contributed by atoms with van der Waals surface area (Å²) in [6, 6.07) is 4.79. The van der Waals surface area contributed by atoms with Gasteiger partial charge < -0.3 is 19.9 Å². The van der Waals surface area contributed by atoms with Crippen LogP contribution >= 0.6 is 11.6 Å². The highest BCUT2D eigenvalue weighted by atomic mass is 35.5. The first-order chi connectivity index (χ1) is 13.7. The number of piperidine rings is 1. The molecular weight excluding hydrogens is 416 g/mol. The van der Waals surface area contributed by atoms with Crippen molar-refractivity contribution in [2.75, 3.05) is 46.9 Å². The molecule has 2 atom stereocenters. The lowest BCUT2D eigenvalue weighted by atomic mass is 9.98. The highest BCUT2D eigenvalue weighted by Crippen LogP contribution is 2.30. The molecular formula is C19H29ClN4O4S. The number of urea groups is 1. The molecule has 2 amide bonds. The van der Waals surface area contributed by atoms with Crippen molar-refractivity contribution < 1.29 is 17.9 Å². The van der Waals surface area contributed by atoms with E-state index in [-0.39, 0.29) is 41.8 Å². The zero-order valence-electron chi connectivity index (χ0n) is 17.1. The van der Waals surface area contributed by atoms with Crippen LogP contribution < -0.4 is 10.1 Å². The van der Waals surface area contributed by atoms with Crippen molar-refractivity contribution in [1.82, 2.24) is 19.4 Å². The van der Waals surface area contributed by atoms with E-state index in [9.17, 15) is 13.2 Å². The van der Waals surface area contributed by atoms with Crippen LogP contribution in [0.2, 0.25) is 5.02 Å². The molecule has 2 heterocycles. The summed E-state index contributed by atoms with van der Waals surface area (Å²) in [5, 5.41) is 3.45. The number of ether oxygens (including phenoxy) is 1. The number of carbonyl (C=O) groups excluding carboxylic acids is 1. The van der Waals surface area contributed by atoms with Crippen molar-refractivity contribution in [3.05, 3.63) is 23.2 Å². The van der Waals surface area contributed by atoms with Gasteiger partial charge in [-0.1, -0.05) is 11.6 Å². The van der Waals surface area contributed by atoms with Crippen molar-refractivity contribution >= 4 is 27.7 Å². The largest absolute Gasteiger partial charge is 0.495 e.